The largest absolute Gasteiger partial charge is 0.335 e. The number of Topliss-reactive ketones (excluding diaryl/α,β-unsaturated/α-hetero) is 1. The molecule has 1 amide bonds. The van der Waals surface area contributed by atoms with Gasteiger partial charge in [0.05, 0.1) is 6.54 Å². The summed E-state index contributed by atoms with van der Waals surface area (Å²) in [6, 6.07) is 0. The number of hydrogen-bond acceptors (Lipinski definition) is 2. The average Bonchev–Trinajstić information content (AvgIpc) is 2.76. The smallest absolute Gasteiger partial charge is 0.223 e. The van der Waals surface area contributed by atoms with Crippen LogP contribution in [0.15, 0.2) is 0 Å². The predicted molar refractivity (Wildman–Crippen MR) is 57.3 cm³/mol. The molecule has 2 fully saturated rings. The van der Waals surface area contributed by atoms with Crippen LogP contribution in [0.1, 0.15) is 39.0 Å². The van der Waals surface area contributed by atoms with Gasteiger partial charge in [-0.3, -0.25) is 9.59 Å². The fourth-order valence-corrected chi connectivity index (χ4v) is 2.69. The lowest BCUT2D eigenvalue weighted by atomic mass is 10.0. The lowest BCUT2D eigenvalue weighted by Crippen LogP contribution is -2.33. The summed E-state index contributed by atoms with van der Waals surface area (Å²) in [5.41, 5.74) is 0. The number of likely N-dealkylation sites (tertiary alicyclic amines) is 1. The molecule has 1 unspecified atom stereocenters. The van der Waals surface area contributed by atoms with Crippen molar-refractivity contribution < 1.29 is 9.59 Å². The monoisotopic (exact) mass is 209 g/mol. The molecule has 3 heteroatoms. The zero-order chi connectivity index (χ0) is 10.8. The van der Waals surface area contributed by atoms with Crippen molar-refractivity contribution in [3.05, 3.63) is 0 Å². The van der Waals surface area contributed by atoms with Crippen LogP contribution in [0, 0.1) is 11.8 Å². The summed E-state index contributed by atoms with van der Waals surface area (Å²) in [5, 5.41) is 0. The second-order valence-electron chi connectivity index (χ2n) is 5.03. The summed E-state index contributed by atoms with van der Waals surface area (Å²) in [4.78, 5) is 25.1. The maximum atomic E-state index is 11.9. The van der Waals surface area contributed by atoms with Crippen molar-refractivity contribution in [3.8, 4) is 0 Å². The van der Waals surface area contributed by atoms with Gasteiger partial charge in [-0.2, -0.15) is 0 Å². The third-order valence-electron chi connectivity index (χ3n) is 3.57. The first-order valence-electron chi connectivity index (χ1n) is 5.97. The summed E-state index contributed by atoms with van der Waals surface area (Å²) in [6.07, 6.45) is 5.06. The van der Waals surface area contributed by atoms with Crippen molar-refractivity contribution in [2.45, 2.75) is 39.0 Å². The van der Waals surface area contributed by atoms with Crippen molar-refractivity contribution in [2.75, 3.05) is 13.1 Å². The zero-order valence-electron chi connectivity index (χ0n) is 9.37. The number of rotatable bonds is 3. The van der Waals surface area contributed by atoms with Crippen LogP contribution in [0.2, 0.25) is 0 Å². The van der Waals surface area contributed by atoms with Crippen LogP contribution >= 0.6 is 0 Å². The van der Waals surface area contributed by atoms with E-state index in [9.17, 15) is 9.59 Å². The SMILES string of the molecule is CC1CC(=O)N(CC(=O)C2CCCC2)C1. The molecule has 1 aliphatic carbocycles. The predicted octanol–water partition coefficient (Wildman–Crippen LogP) is 1.61. The van der Waals surface area contributed by atoms with E-state index in [1.54, 1.807) is 4.90 Å². The van der Waals surface area contributed by atoms with E-state index in [0.717, 1.165) is 19.4 Å². The molecule has 1 atom stereocenters. The first kappa shape index (κ1) is 10.7. The van der Waals surface area contributed by atoms with Crippen LogP contribution in [0.3, 0.4) is 0 Å². The topological polar surface area (TPSA) is 37.4 Å². The molecule has 84 valence electrons. The summed E-state index contributed by atoms with van der Waals surface area (Å²) in [7, 11) is 0. The van der Waals surface area contributed by atoms with E-state index >= 15 is 0 Å². The summed E-state index contributed by atoms with van der Waals surface area (Å²) < 4.78 is 0. The Morgan fingerprint density at radius 1 is 1.40 bits per heavy atom. The molecule has 1 saturated carbocycles. The van der Waals surface area contributed by atoms with E-state index in [2.05, 4.69) is 6.92 Å². The fourth-order valence-electron chi connectivity index (χ4n) is 2.69. The van der Waals surface area contributed by atoms with Gasteiger partial charge in [-0.25, -0.2) is 0 Å². The number of ketones is 1. The summed E-state index contributed by atoms with van der Waals surface area (Å²) >= 11 is 0. The lowest BCUT2D eigenvalue weighted by molar-refractivity contribution is -0.133. The van der Waals surface area contributed by atoms with Gasteiger partial charge in [-0.15, -0.1) is 0 Å². The Kier molecular flexibility index (Phi) is 3.08. The quantitative estimate of drug-likeness (QED) is 0.708. The van der Waals surface area contributed by atoms with Crippen molar-refractivity contribution >= 4 is 11.7 Å². The Morgan fingerprint density at radius 3 is 2.60 bits per heavy atom. The van der Waals surface area contributed by atoms with Crippen molar-refractivity contribution in [1.29, 1.82) is 0 Å². The first-order valence-corrected chi connectivity index (χ1v) is 5.97. The van der Waals surface area contributed by atoms with Gasteiger partial charge in [0.2, 0.25) is 5.91 Å². The Bertz CT molecular complexity index is 269. The third kappa shape index (κ3) is 2.39. The molecule has 1 aliphatic heterocycles. The third-order valence-corrected chi connectivity index (χ3v) is 3.57. The highest BCUT2D eigenvalue weighted by Gasteiger charge is 2.30. The Hall–Kier alpha value is -0.860. The van der Waals surface area contributed by atoms with Gasteiger partial charge in [0.1, 0.15) is 0 Å². The van der Waals surface area contributed by atoms with Crippen LogP contribution in [0.4, 0.5) is 0 Å². The van der Waals surface area contributed by atoms with E-state index in [-0.39, 0.29) is 17.6 Å². The molecule has 0 aromatic carbocycles. The molecular formula is C12H19NO2. The van der Waals surface area contributed by atoms with Crippen LogP contribution in [-0.2, 0) is 9.59 Å². The Labute approximate surface area is 90.8 Å². The van der Waals surface area contributed by atoms with Gasteiger partial charge in [-0.05, 0) is 18.8 Å². The lowest BCUT2D eigenvalue weighted by Gasteiger charge is -2.17. The minimum atomic E-state index is 0.161. The number of hydrogen-bond donors (Lipinski definition) is 0. The molecule has 0 aromatic rings. The van der Waals surface area contributed by atoms with Gasteiger partial charge >= 0.3 is 0 Å². The highest BCUT2D eigenvalue weighted by atomic mass is 16.2. The average molecular weight is 209 g/mol. The normalized spacial score (nSPS) is 27.7. The van der Waals surface area contributed by atoms with Crippen LogP contribution < -0.4 is 0 Å². The maximum Gasteiger partial charge on any atom is 0.223 e. The van der Waals surface area contributed by atoms with Gasteiger partial charge < -0.3 is 4.90 Å². The molecule has 0 bridgehead atoms. The number of nitrogens with zero attached hydrogens (tertiary/aromatic N) is 1. The van der Waals surface area contributed by atoms with Crippen LogP contribution in [0.25, 0.3) is 0 Å². The molecule has 2 rings (SSSR count). The summed E-state index contributed by atoms with van der Waals surface area (Å²) in [5.74, 6) is 1.12. The van der Waals surface area contributed by atoms with E-state index in [0.29, 0.717) is 18.9 Å². The fraction of sp³-hybridized carbons (Fsp3) is 0.833. The molecule has 0 radical (unpaired) electrons. The van der Waals surface area contributed by atoms with E-state index in [1.165, 1.54) is 12.8 Å². The molecule has 1 saturated heterocycles. The molecule has 1 heterocycles. The van der Waals surface area contributed by atoms with Crippen molar-refractivity contribution in [1.82, 2.24) is 4.90 Å². The van der Waals surface area contributed by atoms with Gasteiger partial charge in [-0.1, -0.05) is 19.8 Å². The molecule has 15 heavy (non-hydrogen) atoms. The number of amides is 1. The first-order chi connectivity index (χ1) is 7.16. The second-order valence-corrected chi connectivity index (χ2v) is 5.03. The van der Waals surface area contributed by atoms with E-state index in [1.807, 2.05) is 0 Å². The van der Waals surface area contributed by atoms with Crippen molar-refractivity contribution in [3.63, 3.8) is 0 Å². The molecule has 0 spiro atoms. The summed E-state index contributed by atoms with van der Waals surface area (Å²) in [6.45, 7) is 3.21. The van der Waals surface area contributed by atoms with E-state index < -0.39 is 0 Å². The number of carbonyl (C=O) groups is 2. The van der Waals surface area contributed by atoms with E-state index in [4.69, 9.17) is 0 Å². The molecule has 3 nitrogen and oxygen atoms in total. The second kappa shape index (κ2) is 4.33. The molecule has 0 aromatic heterocycles. The Balaban J connectivity index is 1.85. The molecule has 2 aliphatic rings. The maximum absolute atomic E-state index is 11.9. The molecule has 0 N–H and O–H groups in total. The van der Waals surface area contributed by atoms with Gasteiger partial charge in [0, 0.05) is 18.9 Å². The number of carbonyl (C=O) groups excluding carboxylic acids is 2. The minimum absolute atomic E-state index is 0.161. The highest BCUT2D eigenvalue weighted by Crippen LogP contribution is 2.26. The van der Waals surface area contributed by atoms with Gasteiger partial charge in [0.15, 0.2) is 5.78 Å². The standard InChI is InChI=1S/C12H19NO2/c1-9-6-12(15)13(7-9)8-11(14)10-4-2-3-5-10/h9-10H,2-8H2,1H3. The highest BCUT2D eigenvalue weighted by molar-refractivity contribution is 5.88. The Morgan fingerprint density at radius 2 is 2.07 bits per heavy atom. The minimum Gasteiger partial charge on any atom is -0.335 e. The van der Waals surface area contributed by atoms with Gasteiger partial charge in [0.25, 0.3) is 0 Å². The molecular weight excluding hydrogens is 190 g/mol. The van der Waals surface area contributed by atoms with Crippen LogP contribution in [-0.4, -0.2) is 29.7 Å². The zero-order valence-corrected chi connectivity index (χ0v) is 9.37. The van der Waals surface area contributed by atoms with Crippen molar-refractivity contribution in [2.24, 2.45) is 11.8 Å². The van der Waals surface area contributed by atoms with Crippen LogP contribution in [0.5, 0.6) is 0 Å².